The maximum Gasteiger partial charge on any atom is 0.160 e. The van der Waals surface area contributed by atoms with E-state index in [0.29, 0.717) is 5.75 Å². The van der Waals surface area contributed by atoms with Crippen molar-refractivity contribution in [1.29, 1.82) is 0 Å². The average molecular weight is 357 g/mol. The van der Waals surface area contributed by atoms with Gasteiger partial charge in [-0.2, -0.15) is 0 Å². The largest absolute Gasteiger partial charge is 0.504 e. The van der Waals surface area contributed by atoms with Crippen molar-refractivity contribution in [2.24, 2.45) is 0 Å². The van der Waals surface area contributed by atoms with E-state index in [1.165, 1.54) is 5.56 Å². The van der Waals surface area contributed by atoms with Gasteiger partial charge >= 0.3 is 0 Å². The van der Waals surface area contributed by atoms with Crippen molar-refractivity contribution in [1.82, 2.24) is 4.90 Å². The van der Waals surface area contributed by atoms with Gasteiger partial charge in [-0.05, 0) is 48.2 Å². The maximum absolute atomic E-state index is 9.81. The van der Waals surface area contributed by atoms with Crippen molar-refractivity contribution < 1.29 is 19.3 Å². The number of phenols is 1. The van der Waals surface area contributed by atoms with E-state index in [2.05, 4.69) is 17.0 Å². The first-order valence-electron chi connectivity index (χ1n) is 9.00. The molecule has 1 unspecified atom stereocenters. The summed E-state index contributed by atoms with van der Waals surface area (Å²) in [7, 11) is 3.25. The van der Waals surface area contributed by atoms with Crippen LogP contribution in [0.5, 0.6) is 17.2 Å². The molecule has 1 N–H and O–H groups in total. The van der Waals surface area contributed by atoms with E-state index in [-0.39, 0.29) is 11.9 Å². The zero-order chi connectivity index (χ0) is 18.4. The van der Waals surface area contributed by atoms with Crippen molar-refractivity contribution in [3.8, 4) is 17.2 Å². The second-order valence-electron chi connectivity index (χ2n) is 6.66. The summed E-state index contributed by atoms with van der Waals surface area (Å²) in [4.78, 5) is 2.38. The first kappa shape index (κ1) is 18.5. The van der Waals surface area contributed by atoms with E-state index in [9.17, 15) is 5.11 Å². The molecule has 1 fully saturated rings. The van der Waals surface area contributed by atoms with Gasteiger partial charge in [0.2, 0.25) is 0 Å². The standard InChI is InChI=1S/C21H27NO4/c1-24-18-8-5-16(6-9-18)13-22(15-19-4-3-11-26-19)14-17-7-10-20(23)21(12-17)25-2/h5-10,12,19,23H,3-4,11,13-15H2,1-2H3. The van der Waals surface area contributed by atoms with Crippen LogP contribution >= 0.6 is 0 Å². The van der Waals surface area contributed by atoms with Crippen LogP contribution < -0.4 is 9.47 Å². The Morgan fingerprint density at radius 2 is 1.77 bits per heavy atom. The fraction of sp³-hybridized carbons (Fsp3) is 0.429. The van der Waals surface area contributed by atoms with Gasteiger partial charge in [0.05, 0.1) is 20.3 Å². The number of hydrogen-bond acceptors (Lipinski definition) is 5. The molecule has 1 saturated heterocycles. The molecule has 5 heteroatoms. The van der Waals surface area contributed by atoms with Crippen molar-refractivity contribution in [3.63, 3.8) is 0 Å². The van der Waals surface area contributed by atoms with Gasteiger partial charge < -0.3 is 19.3 Å². The third-order valence-electron chi connectivity index (χ3n) is 4.70. The molecule has 2 aromatic carbocycles. The minimum absolute atomic E-state index is 0.164. The molecule has 26 heavy (non-hydrogen) atoms. The Morgan fingerprint density at radius 1 is 1.04 bits per heavy atom. The van der Waals surface area contributed by atoms with Crippen molar-refractivity contribution in [3.05, 3.63) is 53.6 Å². The lowest BCUT2D eigenvalue weighted by Crippen LogP contribution is -2.31. The van der Waals surface area contributed by atoms with Crippen LogP contribution in [0.1, 0.15) is 24.0 Å². The third-order valence-corrected chi connectivity index (χ3v) is 4.70. The first-order valence-corrected chi connectivity index (χ1v) is 9.00. The van der Waals surface area contributed by atoms with E-state index >= 15 is 0 Å². The smallest absolute Gasteiger partial charge is 0.160 e. The van der Waals surface area contributed by atoms with Crippen LogP contribution in [0.15, 0.2) is 42.5 Å². The van der Waals surface area contributed by atoms with Gasteiger partial charge in [-0.25, -0.2) is 0 Å². The van der Waals surface area contributed by atoms with Crippen molar-refractivity contribution >= 4 is 0 Å². The van der Waals surface area contributed by atoms with E-state index in [0.717, 1.165) is 50.4 Å². The fourth-order valence-corrected chi connectivity index (χ4v) is 3.33. The number of methoxy groups -OCH3 is 2. The van der Waals surface area contributed by atoms with Crippen LogP contribution in [0, 0.1) is 0 Å². The normalized spacial score (nSPS) is 16.8. The van der Waals surface area contributed by atoms with Crippen LogP contribution in [0.3, 0.4) is 0 Å². The topological polar surface area (TPSA) is 51.2 Å². The predicted octanol–water partition coefficient (Wildman–Crippen LogP) is 3.59. The average Bonchev–Trinajstić information content (AvgIpc) is 3.17. The minimum atomic E-state index is 0.164. The van der Waals surface area contributed by atoms with Gasteiger partial charge in [0.15, 0.2) is 11.5 Å². The number of aromatic hydroxyl groups is 1. The summed E-state index contributed by atoms with van der Waals surface area (Å²) in [6.07, 6.45) is 2.53. The number of ether oxygens (including phenoxy) is 3. The molecule has 1 aliphatic heterocycles. The number of nitrogens with zero attached hydrogens (tertiary/aromatic N) is 1. The van der Waals surface area contributed by atoms with E-state index in [1.807, 2.05) is 24.3 Å². The van der Waals surface area contributed by atoms with Crippen molar-refractivity contribution in [2.75, 3.05) is 27.4 Å². The minimum Gasteiger partial charge on any atom is -0.504 e. The molecule has 5 nitrogen and oxygen atoms in total. The molecular weight excluding hydrogens is 330 g/mol. The molecular formula is C21H27NO4. The molecule has 140 valence electrons. The molecule has 3 rings (SSSR count). The van der Waals surface area contributed by atoms with E-state index in [4.69, 9.17) is 14.2 Å². The molecule has 1 aliphatic rings. The lowest BCUT2D eigenvalue weighted by Gasteiger charge is -2.25. The highest BCUT2D eigenvalue weighted by molar-refractivity contribution is 5.41. The summed E-state index contributed by atoms with van der Waals surface area (Å²) in [6.45, 7) is 3.33. The molecule has 0 amide bonds. The Labute approximate surface area is 155 Å². The highest BCUT2D eigenvalue weighted by Gasteiger charge is 2.20. The van der Waals surface area contributed by atoms with Crippen LogP contribution in [-0.2, 0) is 17.8 Å². The Bertz CT molecular complexity index is 696. The van der Waals surface area contributed by atoms with Crippen LogP contribution in [-0.4, -0.2) is 43.5 Å². The Morgan fingerprint density at radius 3 is 2.42 bits per heavy atom. The van der Waals surface area contributed by atoms with Crippen LogP contribution in [0.25, 0.3) is 0 Å². The Balaban J connectivity index is 1.73. The zero-order valence-electron chi connectivity index (χ0n) is 15.5. The fourth-order valence-electron chi connectivity index (χ4n) is 3.33. The molecule has 1 heterocycles. The lowest BCUT2D eigenvalue weighted by atomic mass is 10.1. The molecule has 0 saturated carbocycles. The second kappa shape index (κ2) is 8.92. The molecule has 2 aromatic rings. The molecule has 1 atom stereocenters. The van der Waals surface area contributed by atoms with E-state index in [1.54, 1.807) is 20.3 Å². The number of benzene rings is 2. The van der Waals surface area contributed by atoms with Gasteiger partial charge in [0.25, 0.3) is 0 Å². The molecule has 0 aromatic heterocycles. The van der Waals surface area contributed by atoms with Gasteiger partial charge in [0, 0.05) is 26.2 Å². The maximum atomic E-state index is 9.81. The Hall–Kier alpha value is -2.24. The number of hydrogen-bond donors (Lipinski definition) is 1. The summed E-state index contributed by atoms with van der Waals surface area (Å²) in [5, 5.41) is 9.81. The number of phenolic OH excluding ortho intramolecular Hbond substituents is 1. The van der Waals surface area contributed by atoms with Gasteiger partial charge in [-0.3, -0.25) is 4.90 Å². The Kier molecular flexibility index (Phi) is 6.36. The SMILES string of the molecule is COc1ccc(CN(Cc2ccc(O)c(OC)c2)CC2CCCO2)cc1. The number of rotatable bonds is 8. The quantitative estimate of drug-likeness (QED) is 0.782. The van der Waals surface area contributed by atoms with E-state index < -0.39 is 0 Å². The highest BCUT2D eigenvalue weighted by Crippen LogP contribution is 2.27. The molecule has 0 spiro atoms. The highest BCUT2D eigenvalue weighted by atomic mass is 16.5. The van der Waals surface area contributed by atoms with Gasteiger partial charge in [-0.1, -0.05) is 18.2 Å². The molecule has 0 radical (unpaired) electrons. The molecule has 0 bridgehead atoms. The van der Waals surface area contributed by atoms with Crippen LogP contribution in [0.4, 0.5) is 0 Å². The summed E-state index contributed by atoms with van der Waals surface area (Å²) >= 11 is 0. The summed E-state index contributed by atoms with van der Waals surface area (Å²) < 4.78 is 16.3. The molecule has 0 aliphatic carbocycles. The first-order chi connectivity index (χ1) is 12.7. The summed E-state index contributed by atoms with van der Waals surface area (Å²) in [6, 6.07) is 13.7. The summed E-state index contributed by atoms with van der Waals surface area (Å²) in [5.41, 5.74) is 2.33. The van der Waals surface area contributed by atoms with Crippen LogP contribution in [0.2, 0.25) is 0 Å². The van der Waals surface area contributed by atoms with Crippen molar-refractivity contribution in [2.45, 2.75) is 32.0 Å². The van der Waals surface area contributed by atoms with Gasteiger partial charge in [0.1, 0.15) is 5.75 Å². The monoisotopic (exact) mass is 357 g/mol. The second-order valence-corrected chi connectivity index (χ2v) is 6.66. The lowest BCUT2D eigenvalue weighted by molar-refractivity contribution is 0.0679. The third kappa shape index (κ3) is 4.90. The van der Waals surface area contributed by atoms with Gasteiger partial charge in [-0.15, -0.1) is 0 Å². The summed E-state index contributed by atoms with van der Waals surface area (Å²) in [5.74, 6) is 1.53. The predicted molar refractivity (Wildman–Crippen MR) is 101 cm³/mol. The zero-order valence-corrected chi connectivity index (χ0v) is 15.5.